The van der Waals surface area contributed by atoms with Crippen LogP contribution in [-0.2, 0) is 4.79 Å². The molecule has 2 heterocycles. The van der Waals surface area contributed by atoms with E-state index in [2.05, 4.69) is 36.1 Å². The molecule has 1 aromatic rings. The number of nitrogens with zero attached hydrogens (tertiary/aromatic N) is 3. The van der Waals surface area contributed by atoms with E-state index >= 15 is 0 Å². The van der Waals surface area contributed by atoms with Crippen molar-refractivity contribution in [3.05, 3.63) is 35.9 Å². The molecule has 4 nitrogen and oxygen atoms in total. The average molecular weight is 285 g/mol. The van der Waals surface area contributed by atoms with Gasteiger partial charge >= 0.3 is 0 Å². The Morgan fingerprint density at radius 1 is 1.24 bits per heavy atom. The van der Waals surface area contributed by atoms with Crippen LogP contribution < -0.4 is 0 Å². The predicted octanol–water partition coefficient (Wildman–Crippen LogP) is 2.68. The third kappa shape index (κ3) is 2.72. The minimum Gasteiger partial charge on any atom is -0.306 e. The van der Waals surface area contributed by atoms with E-state index in [1.165, 1.54) is 5.56 Å². The van der Waals surface area contributed by atoms with E-state index in [0.29, 0.717) is 0 Å². The fraction of sp³-hybridized carbons (Fsp3) is 0.529. The molecule has 0 N–H and O–H groups in total. The zero-order valence-electron chi connectivity index (χ0n) is 12.8. The highest BCUT2D eigenvalue weighted by Gasteiger charge is 2.42. The highest BCUT2D eigenvalue weighted by atomic mass is 16.2. The Kier molecular flexibility index (Phi) is 3.81. The standard InChI is InChI=1S/C17H23N3O/c1-17(9-12-19(2)13-10-17)16(21)20-15(8-11-18-20)14-6-4-3-5-7-14/h3-7,11,15H,8-10,12-13H2,1-2H3. The van der Waals surface area contributed by atoms with Gasteiger partial charge in [-0.05, 0) is 38.5 Å². The largest absolute Gasteiger partial charge is 0.306 e. The molecule has 1 amide bonds. The molecule has 2 aliphatic rings. The second kappa shape index (κ2) is 5.60. The van der Waals surface area contributed by atoms with Gasteiger partial charge in [0.05, 0.1) is 11.5 Å². The number of piperidine rings is 1. The lowest BCUT2D eigenvalue weighted by Gasteiger charge is -2.39. The molecule has 0 bridgehead atoms. The summed E-state index contributed by atoms with van der Waals surface area (Å²) in [5.41, 5.74) is 0.890. The molecule has 2 aliphatic heterocycles. The SMILES string of the molecule is CN1CCC(C)(C(=O)N2N=CCC2c2ccccc2)CC1. The zero-order chi connectivity index (χ0) is 14.9. The van der Waals surface area contributed by atoms with Gasteiger partial charge in [-0.25, -0.2) is 5.01 Å². The van der Waals surface area contributed by atoms with Gasteiger partial charge in [0.1, 0.15) is 0 Å². The van der Waals surface area contributed by atoms with Crippen molar-refractivity contribution in [2.24, 2.45) is 10.5 Å². The Morgan fingerprint density at radius 2 is 1.90 bits per heavy atom. The van der Waals surface area contributed by atoms with E-state index in [9.17, 15) is 4.79 Å². The summed E-state index contributed by atoms with van der Waals surface area (Å²) in [6.07, 6.45) is 4.51. The number of hydrazone groups is 1. The molecule has 21 heavy (non-hydrogen) atoms. The fourth-order valence-electron chi connectivity index (χ4n) is 3.16. The minimum atomic E-state index is -0.277. The molecule has 0 radical (unpaired) electrons. The van der Waals surface area contributed by atoms with Gasteiger partial charge in [-0.2, -0.15) is 5.10 Å². The molecular weight excluding hydrogens is 262 g/mol. The maximum atomic E-state index is 13.0. The molecule has 1 saturated heterocycles. The zero-order valence-corrected chi connectivity index (χ0v) is 12.8. The number of amides is 1. The molecule has 0 aromatic heterocycles. The number of rotatable bonds is 2. The van der Waals surface area contributed by atoms with Gasteiger partial charge in [0, 0.05) is 12.6 Å². The highest BCUT2D eigenvalue weighted by molar-refractivity contribution is 5.85. The van der Waals surface area contributed by atoms with Crippen LogP contribution in [0, 0.1) is 5.41 Å². The van der Waals surface area contributed by atoms with Crippen molar-refractivity contribution in [3.63, 3.8) is 0 Å². The van der Waals surface area contributed by atoms with Crippen LogP contribution in [-0.4, -0.2) is 42.2 Å². The lowest BCUT2D eigenvalue weighted by atomic mass is 9.79. The molecule has 1 unspecified atom stereocenters. The first-order chi connectivity index (χ1) is 10.1. The number of hydrogen-bond donors (Lipinski definition) is 0. The predicted molar refractivity (Wildman–Crippen MR) is 84.0 cm³/mol. The Morgan fingerprint density at radius 3 is 2.57 bits per heavy atom. The lowest BCUT2D eigenvalue weighted by Crippen LogP contribution is -2.46. The summed E-state index contributed by atoms with van der Waals surface area (Å²) in [5, 5.41) is 6.10. The van der Waals surface area contributed by atoms with E-state index in [4.69, 9.17) is 0 Å². The van der Waals surface area contributed by atoms with E-state index in [1.807, 2.05) is 24.4 Å². The van der Waals surface area contributed by atoms with Crippen molar-refractivity contribution in [3.8, 4) is 0 Å². The third-order valence-electron chi connectivity index (χ3n) is 4.83. The van der Waals surface area contributed by atoms with Crippen molar-refractivity contribution < 1.29 is 4.79 Å². The van der Waals surface area contributed by atoms with Crippen LogP contribution in [0.3, 0.4) is 0 Å². The number of benzene rings is 1. The van der Waals surface area contributed by atoms with Crippen molar-refractivity contribution in [1.82, 2.24) is 9.91 Å². The monoisotopic (exact) mass is 285 g/mol. The van der Waals surface area contributed by atoms with Gasteiger partial charge in [0.15, 0.2) is 0 Å². The first kappa shape index (κ1) is 14.3. The quantitative estimate of drug-likeness (QED) is 0.837. The summed E-state index contributed by atoms with van der Waals surface area (Å²) in [7, 11) is 2.12. The number of carbonyl (C=O) groups is 1. The molecule has 1 atom stereocenters. The normalized spacial score (nSPS) is 25.2. The van der Waals surface area contributed by atoms with Crippen molar-refractivity contribution in [2.45, 2.75) is 32.2 Å². The van der Waals surface area contributed by atoms with Gasteiger partial charge in [-0.3, -0.25) is 4.79 Å². The van der Waals surface area contributed by atoms with Crippen molar-refractivity contribution in [2.75, 3.05) is 20.1 Å². The van der Waals surface area contributed by atoms with Crippen LogP contribution in [0.2, 0.25) is 0 Å². The number of hydrogen-bond acceptors (Lipinski definition) is 3. The summed E-state index contributed by atoms with van der Waals surface area (Å²) in [5.74, 6) is 0.179. The summed E-state index contributed by atoms with van der Waals surface area (Å²) in [4.78, 5) is 15.3. The van der Waals surface area contributed by atoms with E-state index in [0.717, 1.165) is 32.4 Å². The second-order valence-corrected chi connectivity index (χ2v) is 6.47. The molecule has 1 aromatic carbocycles. The first-order valence-corrected chi connectivity index (χ1v) is 7.70. The summed E-state index contributed by atoms with van der Waals surface area (Å²) >= 11 is 0. The maximum Gasteiger partial charge on any atom is 0.249 e. The second-order valence-electron chi connectivity index (χ2n) is 6.47. The highest BCUT2D eigenvalue weighted by Crippen LogP contribution is 2.37. The van der Waals surface area contributed by atoms with Gasteiger partial charge in [0.2, 0.25) is 5.91 Å². The van der Waals surface area contributed by atoms with Crippen molar-refractivity contribution >= 4 is 12.1 Å². The number of carbonyl (C=O) groups excluding carboxylic acids is 1. The van der Waals surface area contributed by atoms with Gasteiger partial charge < -0.3 is 4.90 Å². The summed E-state index contributed by atoms with van der Waals surface area (Å²) in [6.45, 7) is 4.06. The van der Waals surface area contributed by atoms with E-state index in [1.54, 1.807) is 5.01 Å². The lowest BCUT2D eigenvalue weighted by molar-refractivity contribution is -0.145. The third-order valence-corrected chi connectivity index (χ3v) is 4.83. The van der Waals surface area contributed by atoms with Gasteiger partial charge in [-0.15, -0.1) is 0 Å². The maximum absolute atomic E-state index is 13.0. The fourth-order valence-corrected chi connectivity index (χ4v) is 3.16. The Hall–Kier alpha value is -1.68. The van der Waals surface area contributed by atoms with Crippen LogP contribution in [0.1, 0.15) is 37.8 Å². The molecule has 0 spiro atoms. The van der Waals surface area contributed by atoms with Crippen LogP contribution in [0.15, 0.2) is 35.4 Å². The molecule has 112 valence electrons. The molecule has 1 fully saturated rings. The smallest absolute Gasteiger partial charge is 0.249 e. The van der Waals surface area contributed by atoms with E-state index in [-0.39, 0.29) is 17.4 Å². The molecule has 3 rings (SSSR count). The van der Waals surface area contributed by atoms with Crippen LogP contribution in [0.5, 0.6) is 0 Å². The summed E-state index contributed by atoms with van der Waals surface area (Å²) in [6, 6.07) is 10.3. The molecule has 0 saturated carbocycles. The Labute approximate surface area is 126 Å². The first-order valence-electron chi connectivity index (χ1n) is 7.70. The van der Waals surface area contributed by atoms with Crippen LogP contribution in [0.4, 0.5) is 0 Å². The van der Waals surface area contributed by atoms with Crippen molar-refractivity contribution in [1.29, 1.82) is 0 Å². The topological polar surface area (TPSA) is 35.9 Å². The Bertz CT molecular complexity index is 532. The molecule has 4 heteroatoms. The molecule has 0 aliphatic carbocycles. The minimum absolute atomic E-state index is 0.0650. The number of likely N-dealkylation sites (tertiary alicyclic amines) is 1. The molecular formula is C17H23N3O. The van der Waals surface area contributed by atoms with E-state index < -0.39 is 0 Å². The van der Waals surface area contributed by atoms with Gasteiger partial charge in [0.25, 0.3) is 0 Å². The van der Waals surface area contributed by atoms with Crippen LogP contribution in [0.25, 0.3) is 0 Å². The average Bonchev–Trinajstić information content (AvgIpc) is 3.00. The van der Waals surface area contributed by atoms with Crippen LogP contribution >= 0.6 is 0 Å². The Balaban J connectivity index is 1.79. The summed E-state index contributed by atoms with van der Waals surface area (Å²) < 4.78 is 0. The van der Waals surface area contributed by atoms with Gasteiger partial charge in [-0.1, -0.05) is 37.3 Å².